The molecule has 0 aliphatic carbocycles. The number of carbonyl (C=O) groups excluding carboxylic acids is 3. The van der Waals surface area contributed by atoms with Crippen molar-refractivity contribution in [2.24, 2.45) is 0 Å². The van der Waals surface area contributed by atoms with Gasteiger partial charge in [0.25, 0.3) is 5.91 Å². The Labute approximate surface area is 168 Å². The van der Waals surface area contributed by atoms with Crippen LogP contribution >= 0.6 is 12.2 Å². The summed E-state index contributed by atoms with van der Waals surface area (Å²) in [4.78, 5) is 35.6. The molecule has 0 heterocycles. The first-order valence-corrected chi connectivity index (χ1v) is 9.12. The SMILES string of the molecule is COCCOC(=O)CCC(=O)NC(=S)Nc1ccccc1C(=O)NCCCO. The van der Waals surface area contributed by atoms with Gasteiger partial charge in [-0.15, -0.1) is 0 Å². The molecular formula is C18H25N3O6S. The van der Waals surface area contributed by atoms with Gasteiger partial charge in [-0.3, -0.25) is 14.4 Å². The number of aliphatic hydroxyl groups excluding tert-OH is 1. The second kappa shape index (κ2) is 13.6. The van der Waals surface area contributed by atoms with Gasteiger partial charge in [-0.05, 0) is 30.8 Å². The van der Waals surface area contributed by atoms with Crippen LogP contribution in [0.4, 0.5) is 5.69 Å². The third-order valence-electron chi connectivity index (χ3n) is 3.40. The van der Waals surface area contributed by atoms with Crippen molar-refractivity contribution in [1.29, 1.82) is 0 Å². The van der Waals surface area contributed by atoms with Gasteiger partial charge >= 0.3 is 5.97 Å². The Balaban J connectivity index is 2.49. The van der Waals surface area contributed by atoms with E-state index < -0.39 is 11.9 Å². The summed E-state index contributed by atoms with van der Waals surface area (Å²) in [5.74, 6) is -1.29. The number of rotatable bonds is 11. The van der Waals surface area contributed by atoms with Gasteiger partial charge < -0.3 is 30.5 Å². The Hall–Kier alpha value is -2.56. The summed E-state index contributed by atoms with van der Waals surface area (Å²) in [6.07, 6.45) is 0.280. The van der Waals surface area contributed by atoms with E-state index in [0.717, 1.165) is 0 Å². The van der Waals surface area contributed by atoms with Crippen molar-refractivity contribution in [2.45, 2.75) is 19.3 Å². The summed E-state index contributed by atoms with van der Waals surface area (Å²) in [5, 5.41) is 16.7. The molecule has 4 N–H and O–H groups in total. The van der Waals surface area contributed by atoms with E-state index in [1.807, 2.05) is 0 Å². The standard InChI is InChI=1S/C18H25N3O6S/c1-26-11-12-27-16(24)8-7-15(23)21-18(28)20-14-6-3-2-5-13(14)17(25)19-9-4-10-22/h2-3,5-6,22H,4,7-12H2,1H3,(H,19,25)(H2,20,21,23,28). The van der Waals surface area contributed by atoms with Crippen LogP contribution in [0, 0.1) is 0 Å². The second-order valence-electron chi connectivity index (χ2n) is 5.59. The number of amides is 2. The van der Waals surface area contributed by atoms with E-state index in [1.165, 1.54) is 7.11 Å². The van der Waals surface area contributed by atoms with Gasteiger partial charge in [0, 0.05) is 26.7 Å². The van der Waals surface area contributed by atoms with E-state index in [-0.39, 0.29) is 37.1 Å². The lowest BCUT2D eigenvalue weighted by atomic mass is 10.1. The van der Waals surface area contributed by atoms with Gasteiger partial charge in [-0.2, -0.15) is 0 Å². The first-order valence-electron chi connectivity index (χ1n) is 8.71. The highest BCUT2D eigenvalue weighted by Gasteiger charge is 2.13. The Morgan fingerprint density at radius 3 is 2.61 bits per heavy atom. The van der Waals surface area contributed by atoms with Gasteiger partial charge in [-0.1, -0.05) is 12.1 Å². The zero-order valence-corrected chi connectivity index (χ0v) is 16.5. The predicted molar refractivity (Wildman–Crippen MR) is 107 cm³/mol. The molecule has 0 aliphatic rings. The Bertz CT molecular complexity index is 683. The van der Waals surface area contributed by atoms with Gasteiger partial charge in [-0.25, -0.2) is 0 Å². The highest BCUT2D eigenvalue weighted by molar-refractivity contribution is 7.80. The molecule has 0 radical (unpaired) electrons. The molecule has 1 aromatic rings. The smallest absolute Gasteiger partial charge is 0.306 e. The molecule has 0 fully saturated rings. The van der Waals surface area contributed by atoms with E-state index >= 15 is 0 Å². The second-order valence-corrected chi connectivity index (χ2v) is 6.00. The molecule has 0 aromatic heterocycles. The fraction of sp³-hybridized carbons (Fsp3) is 0.444. The lowest BCUT2D eigenvalue weighted by Crippen LogP contribution is -2.35. The molecule has 0 bridgehead atoms. The minimum absolute atomic E-state index is 0.00774. The van der Waals surface area contributed by atoms with E-state index in [4.69, 9.17) is 26.8 Å². The van der Waals surface area contributed by atoms with Gasteiger partial charge in [0.05, 0.1) is 24.3 Å². The van der Waals surface area contributed by atoms with Crippen molar-refractivity contribution < 1.29 is 29.0 Å². The molecule has 10 heteroatoms. The summed E-state index contributed by atoms with van der Waals surface area (Å²) in [5.41, 5.74) is 0.770. The van der Waals surface area contributed by atoms with Crippen molar-refractivity contribution in [1.82, 2.24) is 10.6 Å². The maximum Gasteiger partial charge on any atom is 0.306 e. The van der Waals surface area contributed by atoms with Crippen LogP contribution in [0.1, 0.15) is 29.6 Å². The maximum atomic E-state index is 12.2. The zero-order valence-electron chi connectivity index (χ0n) is 15.7. The minimum Gasteiger partial charge on any atom is -0.463 e. The van der Waals surface area contributed by atoms with E-state index in [9.17, 15) is 14.4 Å². The number of anilines is 1. The van der Waals surface area contributed by atoms with E-state index in [0.29, 0.717) is 30.8 Å². The summed E-state index contributed by atoms with van der Waals surface area (Å²) in [7, 11) is 1.49. The lowest BCUT2D eigenvalue weighted by molar-refractivity contribution is -0.146. The molecule has 0 unspecified atom stereocenters. The van der Waals surface area contributed by atoms with E-state index in [2.05, 4.69) is 16.0 Å². The number of nitrogens with one attached hydrogen (secondary N) is 3. The molecule has 1 aromatic carbocycles. The lowest BCUT2D eigenvalue weighted by Gasteiger charge is -2.13. The monoisotopic (exact) mass is 411 g/mol. The number of esters is 1. The highest BCUT2D eigenvalue weighted by Crippen LogP contribution is 2.14. The number of para-hydroxylation sites is 1. The van der Waals surface area contributed by atoms with Crippen molar-refractivity contribution in [2.75, 3.05) is 38.8 Å². The number of hydrogen-bond donors (Lipinski definition) is 4. The number of ether oxygens (including phenoxy) is 2. The molecule has 1 rings (SSSR count). The average Bonchev–Trinajstić information content (AvgIpc) is 2.67. The van der Waals surface area contributed by atoms with Gasteiger partial charge in [0.2, 0.25) is 5.91 Å². The van der Waals surface area contributed by atoms with Crippen LogP contribution in [-0.2, 0) is 19.1 Å². The molecule has 28 heavy (non-hydrogen) atoms. The highest BCUT2D eigenvalue weighted by atomic mass is 32.1. The van der Waals surface area contributed by atoms with Crippen molar-refractivity contribution in [3.8, 4) is 0 Å². The van der Waals surface area contributed by atoms with Crippen LogP contribution in [0.5, 0.6) is 0 Å². The first-order chi connectivity index (χ1) is 13.5. The molecule has 0 saturated carbocycles. The van der Waals surface area contributed by atoms with Crippen molar-refractivity contribution >= 4 is 40.8 Å². The topological polar surface area (TPSA) is 126 Å². The van der Waals surface area contributed by atoms with Crippen LogP contribution < -0.4 is 16.0 Å². The number of carbonyl (C=O) groups is 3. The normalized spacial score (nSPS) is 10.1. The van der Waals surface area contributed by atoms with Gasteiger partial charge in [0.1, 0.15) is 6.61 Å². The summed E-state index contributed by atoms with van der Waals surface area (Å²) < 4.78 is 9.62. The number of hydrogen-bond acceptors (Lipinski definition) is 7. The first kappa shape index (κ1) is 23.5. The van der Waals surface area contributed by atoms with Crippen LogP contribution in [0.15, 0.2) is 24.3 Å². The van der Waals surface area contributed by atoms with Crippen LogP contribution in [0.25, 0.3) is 0 Å². The summed E-state index contributed by atoms with van der Waals surface area (Å²) in [6.45, 7) is 0.745. The maximum absolute atomic E-state index is 12.2. The molecule has 0 aliphatic heterocycles. The fourth-order valence-electron chi connectivity index (χ4n) is 2.04. The molecule has 2 amide bonds. The third-order valence-corrected chi connectivity index (χ3v) is 3.60. The van der Waals surface area contributed by atoms with Crippen molar-refractivity contribution in [3.05, 3.63) is 29.8 Å². The Kier molecular flexibility index (Phi) is 11.4. The van der Waals surface area contributed by atoms with E-state index in [1.54, 1.807) is 24.3 Å². The Morgan fingerprint density at radius 2 is 1.89 bits per heavy atom. The molecule has 0 atom stereocenters. The zero-order chi connectivity index (χ0) is 20.8. The molecule has 0 spiro atoms. The van der Waals surface area contributed by atoms with Crippen LogP contribution in [0.3, 0.4) is 0 Å². The third kappa shape index (κ3) is 9.40. The van der Waals surface area contributed by atoms with Crippen LogP contribution in [0.2, 0.25) is 0 Å². The van der Waals surface area contributed by atoms with Gasteiger partial charge in [0.15, 0.2) is 5.11 Å². The number of thiocarbonyl (C=S) groups is 1. The molecule has 154 valence electrons. The summed E-state index contributed by atoms with van der Waals surface area (Å²) in [6, 6.07) is 6.67. The molecular weight excluding hydrogens is 386 g/mol. The fourth-order valence-corrected chi connectivity index (χ4v) is 2.26. The largest absolute Gasteiger partial charge is 0.463 e. The Morgan fingerprint density at radius 1 is 1.14 bits per heavy atom. The number of methoxy groups -OCH3 is 1. The van der Waals surface area contributed by atoms with Crippen LogP contribution in [-0.4, -0.2) is 61.5 Å². The average molecular weight is 411 g/mol. The minimum atomic E-state index is -0.504. The molecule has 9 nitrogen and oxygen atoms in total. The quantitative estimate of drug-likeness (QED) is 0.237. The predicted octanol–water partition coefficient (Wildman–Crippen LogP) is 0.582. The van der Waals surface area contributed by atoms with Crippen molar-refractivity contribution in [3.63, 3.8) is 0 Å². The number of aliphatic hydroxyl groups is 1. The summed E-state index contributed by atoms with van der Waals surface area (Å²) >= 11 is 5.09. The number of benzene rings is 1. The molecule has 0 saturated heterocycles.